The third-order valence-electron chi connectivity index (χ3n) is 4.30. The van der Waals surface area contributed by atoms with E-state index in [1.165, 1.54) is 17.7 Å². The number of hydrogen-bond acceptors (Lipinski definition) is 3. The molecule has 0 unspecified atom stereocenters. The summed E-state index contributed by atoms with van der Waals surface area (Å²) in [6.07, 6.45) is 1.12. The minimum absolute atomic E-state index is 0.0548. The van der Waals surface area contributed by atoms with Gasteiger partial charge in [-0.25, -0.2) is 0 Å². The Bertz CT molecular complexity index is 729. The Morgan fingerprint density at radius 1 is 1.08 bits per heavy atom. The van der Waals surface area contributed by atoms with Crippen molar-refractivity contribution in [1.82, 2.24) is 5.32 Å². The minimum atomic E-state index is -0.425. The molecule has 0 aliphatic heterocycles. The van der Waals surface area contributed by atoms with E-state index >= 15 is 0 Å². The Hall–Kier alpha value is -2.47. The monoisotopic (exact) mass is 357 g/mol. The molecule has 2 aromatic rings. The van der Waals surface area contributed by atoms with Crippen LogP contribution in [0.4, 0.5) is 11.4 Å². The molecular formula is C19H23N3O2S. The predicted octanol–water partition coefficient (Wildman–Crippen LogP) is 5.16. The highest BCUT2D eigenvalue weighted by molar-refractivity contribution is 7.80. The highest BCUT2D eigenvalue weighted by Crippen LogP contribution is 2.21. The van der Waals surface area contributed by atoms with Gasteiger partial charge in [0.2, 0.25) is 0 Å². The molecule has 6 heteroatoms. The number of rotatable bonds is 6. The number of thiocarbonyl (C=S) groups is 1. The number of hydrogen-bond donors (Lipinski definition) is 2. The van der Waals surface area contributed by atoms with Crippen molar-refractivity contribution in [2.24, 2.45) is 0 Å². The molecule has 132 valence electrons. The van der Waals surface area contributed by atoms with E-state index in [9.17, 15) is 10.1 Å². The van der Waals surface area contributed by atoms with Gasteiger partial charge < -0.3 is 10.6 Å². The summed E-state index contributed by atoms with van der Waals surface area (Å²) in [6, 6.07) is 14.8. The first-order valence-electron chi connectivity index (χ1n) is 8.32. The quantitative estimate of drug-likeness (QED) is 0.425. The van der Waals surface area contributed by atoms with Crippen molar-refractivity contribution < 1.29 is 4.92 Å². The summed E-state index contributed by atoms with van der Waals surface area (Å²) < 4.78 is 0. The first-order valence-corrected chi connectivity index (χ1v) is 8.73. The smallest absolute Gasteiger partial charge is 0.269 e. The number of benzene rings is 2. The maximum absolute atomic E-state index is 10.7. The highest BCUT2D eigenvalue weighted by Gasteiger charge is 2.10. The van der Waals surface area contributed by atoms with Crippen LogP contribution in [0.25, 0.3) is 0 Å². The number of nitrogens with one attached hydrogen (secondary N) is 2. The van der Waals surface area contributed by atoms with Gasteiger partial charge in [0.05, 0.1) is 11.0 Å². The normalized spacial score (nSPS) is 12.9. The maximum atomic E-state index is 10.7. The lowest BCUT2D eigenvalue weighted by molar-refractivity contribution is -0.384. The standard InChI is InChI=1S/C19H23N3O2S/c1-4-13(2)15-5-7-16(8-6-15)14(3)20-19(25)21-17-9-11-18(12-10-17)22(23)24/h5-14H,4H2,1-3H3,(H2,20,21,25)/t13-,14+/m0/s1. The Kier molecular flexibility index (Phi) is 6.47. The zero-order valence-electron chi connectivity index (χ0n) is 14.7. The minimum Gasteiger partial charge on any atom is -0.356 e. The number of nitro benzene ring substituents is 1. The molecule has 0 radical (unpaired) electrons. The topological polar surface area (TPSA) is 67.2 Å². The van der Waals surface area contributed by atoms with Crippen LogP contribution in [0.2, 0.25) is 0 Å². The molecule has 0 aliphatic carbocycles. The van der Waals surface area contributed by atoms with E-state index in [1.54, 1.807) is 12.1 Å². The summed E-state index contributed by atoms with van der Waals surface area (Å²) in [6.45, 7) is 6.45. The van der Waals surface area contributed by atoms with Crippen molar-refractivity contribution >= 4 is 28.7 Å². The van der Waals surface area contributed by atoms with Crippen LogP contribution in [0, 0.1) is 10.1 Å². The molecule has 2 rings (SSSR count). The van der Waals surface area contributed by atoms with E-state index in [2.05, 4.69) is 48.7 Å². The molecule has 2 atom stereocenters. The van der Waals surface area contributed by atoms with Crippen LogP contribution < -0.4 is 10.6 Å². The summed E-state index contributed by atoms with van der Waals surface area (Å²) in [5, 5.41) is 17.4. The molecule has 0 amide bonds. The zero-order valence-corrected chi connectivity index (χ0v) is 15.5. The second-order valence-corrected chi connectivity index (χ2v) is 6.51. The van der Waals surface area contributed by atoms with Gasteiger partial charge in [-0.3, -0.25) is 10.1 Å². The molecule has 0 heterocycles. The van der Waals surface area contributed by atoms with Crippen LogP contribution in [0.1, 0.15) is 50.3 Å². The Morgan fingerprint density at radius 2 is 1.64 bits per heavy atom. The van der Waals surface area contributed by atoms with E-state index in [4.69, 9.17) is 12.2 Å². The van der Waals surface area contributed by atoms with Gasteiger partial charge in [0.1, 0.15) is 0 Å². The molecule has 0 saturated heterocycles. The predicted molar refractivity (Wildman–Crippen MR) is 106 cm³/mol. The van der Waals surface area contributed by atoms with Gasteiger partial charge >= 0.3 is 0 Å². The van der Waals surface area contributed by atoms with E-state index < -0.39 is 4.92 Å². The summed E-state index contributed by atoms with van der Waals surface area (Å²) in [5.74, 6) is 0.558. The molecule has 0 fully saturated rings. The Labute approximate surface area is 153 Å². The number of anilines is 1. The average molecular weight is 357 g/mol. The van der Waals surface area contributed by atoms with E-state index in [0.717, 1.165) is 12.0 Å². The lowest BCUT2D eigenvalue weighted by Gasteiger charge is -2.18. The fourth-order valence-corrected chi connectivity index (χ4v) is 2.76. The van der Waals surface area contributed by atoms with Crippen molar-refractivity contribution in [1.29, 1.82) is 0 Å². The molecule has 0 aromatic heterocycles. The van der Waals surface area contributed by atoms with Crippen LogP contribution >= 0.6 is 12.2 Å². The third kappa shape index (κ3) is 5.26. The van der Waals surface area contributed by atoms with Gasteiger partial charge in [0.25, 0.3) is 5.69 Å². The molecule has 0 spiro atoms. The van der Waals surface area contributed by atoms with E-state index in [-0.39, 0.29) is 11.7 Å². The molecule has 5 nitrogen and oxygen atoms in total. The van der Waals surface area contributed by atoms with Crippen molar-refractivity contribution in [2.45, 2.75) is 39.2 Å². The molecule has 25 heavy (non-hydrogen) atoms. The largest absolute Gasteiger partial charge is 0.356 e. The summed E-state index contributed by atoms with van der Waals surface area (Å²) in [7, 11) is 0. The van der Waals surface area contributed by atoms with Gasteiger partial charge in [0.15, 0.2) is 5.11 Å². The number of nitro groups is 1. The van der Waals surface area contributed by atoms with Gasteiger partial charge in [-0.15, -0.1) is 0 Å². The lowest BCUT2D eigenvalue weighted by atomic mass is 9.96. The van der Waals surface area contributed by atoms with Gasteiger partial charge in [-0.05, 0) is 54.7 Å². The first kappa shape index (κ1) is 18.9. The fourth-order valence-electron chi connectivity index (χ4n) is 2.46. The number of non-ortho nitro benzene ring substituents is 1. The van der Waals surface area contributed by atoms with Crippen molar-refractivity contribution in [3.63, 3.8) is 0 Å². The highest BCUT2D eigenvalue weighted by atomic mass is 32.1. The van der Waals surface area contributed by atoms with E-state index in [1.807, 2.05) is 6.92 Å². The second-order valence-electron chi connectivity index (χ2n) is 6.10. The summed E-state index contributed by atoms with van der Waals surface area (Å²) in [5.41, 5.74) is 3.26. The van der Waals surface area contributed by atoms with Crippen molar-refractivity contribution in [3.8, 4) is 0 Å². The fraction of sp³-hybridized carbons (Fsp3) is 0.316. The van der Waals surface area contributed by atoms with Gasteiger partial charge in [-0.1, -0.05) is 38.1 Å². The van der Waals surface area contributed by atoms with Crippen molar-refractivity contribution in [2.75, 3.05) is 5.32 Å². The Morgan fingerprint density at radius 3 is 2.16 bits per heavy atom. The summed E-state index contributed by atoms with van der Waals surface area (Å²) in [4.78, 5) is 10.2. The van der Waals surface area contributed by atoms with Crippen LogP contribution in [0.15, 0.2) is 48.5 Å². The average Bonchev–Trinajstić information content (AvgIpc) is 2.61. The molecule has 0 bridgehead atoms. The lowest BCUT2D eigenvalue weighted by Crippen LogP contribution is -2.30. The van der Waals surface area contributed by atoms with E-state index in [0.29, 0.717) is 16.7 Å². The van der Waals surface area contributed by atoms with Crippen LogP contribution in [0.5, 0.6) is 0 Å². The molecule has 0 saturated carbocycles. The van der Waals surface area contributed by atoms with Gasteiger partial charge in [-0.2, -0.15) is 0 Å². The first-order chi connectivity index (χ1) is 11.9. The van der Waals surface area contributed by atoms with Crippen LogP contribution in [-0.4, -0.2) is 10.0 Å². The third-order valence-corrected chi connectivity index (χ3v) is 4.52. The zero-order chi connectivity index (χ0) is 18.4. The maximum Gasteiger partial charge on any atom is 0.269 e. The molecule has 2 aromatic carbocycles. The number of nitrogens with zero attached hydrogens (tertiary/aromatic N) is 1. The second kappa shape index (κ2) is 8.58. The van der Waals surface area contributed by atoms with Crippen molar-refractivity contribution in [3.05, 3.63) is 69.8 Å². The molecule has 2 N–H and O–H groups in total. The van der Waals surface area contributed by atoms with Crippen LogP contribution in [0.3, 0.4) is 0 Å². The van der Waals surface area contributed by atoms with Gasteiger partial charge in [0, 0.05) is 17.8 Å². The molecule has 0 aliphatic rings. The SMILES string of the molecule is CC[C@H](C)c1ccc([C@@H](C)NC(=S)Nc2ccc([N+](=O)[O-])cc2)cc1. The Balaban J connectivity index is 1.94. The molecular weight excluding hydrogens is 334 g/mol. The summed E-state index contributed by atoms with van der Waals surface area (Å²) >= 11 is 5.33. The van der Waals surface area contributed by atoms with Crippen LogP contribution in [-0.2, 0) is 0 Å².